The van der Waals surface area contributed by atoms with Crippen molar-refractivity contribution in [1.82, 2.24) is 9.97 Å². The van der Waals surface area contributed by atoms with Gasteiger partial charge in [0, 0.05) is 22.4 Å². The van der Waals surface area contributed by atoms with Crippen LogP contribution < -0.4 is 10.5 Å². The fraction of sp³-hybridized carbons (Fsp3) is 0.167. The number of nitrogens with zero attached hydrogens (tertiary/aromatic N) is 2. The lowest BCUT2D eigenvalue weighted by Gasteiger charge is -2.15. The molecule has 2 aromatic rings. The number of nitrogens with two attached hydrogens (primary N) is 1. The third kappa shape index (κ3) is 2.71. The third-order valence-corrected chi connectivity index (χ3v) is 2.99. The molecule has 0 saturated heterocycles. The van der Waals surface area contributed by atoms with Crippen molar-refractivity contribution >= 4 is 15.9 Å². The lowest BCUT2D eigenvalue weighted by molar-refractivity contribution is 0.385. The Morgan fingerprint density at radius 1 is 1.21 bits per heavy atom. The van der Waals surface area contributed by atoms with Crippen LogP contribution in [-0.2, 0) is 0 Å². The van der Waals surface area contributed by atoms with Gasteiger partial charge < -0.3 is 10.5 Å². The Hall–Kier alpha value is -1.60. The van der Waals surface area contributed by atoms with Crippen LogP contribution in [-0.4, -0.2) is 17.1 Å². The molecule has 0 aliphatic rings. The van der Waals surface area contributed by atoms with Crippen LogP contribution in [0.3, 0.4) is 0 Å². The quantitative estimate of drug-likeness (QED) is 0.940. The topological polar surface area (TPSA) is 61.0 Å². The van der Waals surface area contributed by atoms with E-state index in [0.29, 0.717) is 4.47 Å². The van der Waals surface area contributed by atoms with Gasteiger partial charge in [-0.05, 0) is 12.1 Å². The number of aromatic nitrogens is 2. The van der Waals surface area contributed by atoms with Crippen molar-refractivity contribution in [2.45, 2.75) is 6.04 Å². The third-order valence-electron chi connectivity index (χ3n) is 2.53. The maximum absolute atomic E-state index is 13.8. The van der Waals surface area contributed by atoms with Gasteiger partial charge in [0.25, 0.3) is 0 Å². The molecule has 0 spiro atoms. The van der Waals surface area contributed by atoms with Gasteiger partial charge in [0.2, 0.25) is 5.88 Å². The second-order valence-corrected chi connectivity index (χ2v) is 4.63. The van der Waals surface area contributed by atoms with Gasteiger partial charge in [0.15, 0.2) is 0 Å². The van der Waals surface area contributed by atoms with Gasteiger partial charge in [-0.1, -0.05) is 15.9 Å². The van der Waals surface area contributed by atoms with Gasteiger partial charge >= 0.3 is 0 Å². The molecule has 0 radical (unpaired) electrons. The molecule has 0 aliphatic heterocycles. The van der Waals surface area contributed by atoms with E-state index >= 15 is 0 Å². The van der Waals surface area contributed by atoms with Crippen LogP contribution in [0.15, 0.2) is 29.0 Å². The van der Waals surface area contributed by atoms with Crippen LogP contribution in [0.25, 0.3) is 0 Å². The van der Waals surface area contributed by atoms with Gasteiger partial charge in [-0.3, -0.25) is 4.98 Å². The Morgan fingerprint density at radius 3 is 2.37 bits per heavy atom. The maximum Gasteiger partial charge on any atom is 0.237 e. The zero-order chi connectivity index (χ0) is 14.0. The first-order chi connectivity index (χ1) is 9.04. The average molecular weight is 330 g/mol. The fourth-order valence-corrected chi connectivity index (χ4v) is 2.10. The van der Waals surface area contributed by atoms with Gasteiger partial charge in [0.05, 0.1) is 13.2 Å². The molecule has 0 fully saturated rings. The van der Waals surface area contributed by atoms with E-state index in [9.17, 15) is 8.78 Å². The summed E-state index contributed by atoms with van der Waals surface area (Å²) in [6.07, 6.45) is 2.79. The van der Waals surface area contributed by atoms with E-state index in [1.807, 2.05) is 0 Å². The summed E-state index contributed by atoms with van der Waals surface area (Å²) in [4.78, 5) is 7.87. The first-order valence-corrected chi connectivity index (χ1v) is 6.08. The van der Waals surface area contributed by atoms with Crippen molar-refractivity contribution in [1.29, 1.82) is 0 Å². The van der Waals surface area contributed by atoms with Gasteiger partial charge in [-0.2, -0.15) is 0 Å². The molecule has 0 aliphatic carbocycles. The molecule has 1 aromatic heterocycles. The highest BCUT2D eigenvalue weighted by Gasteiger charge is 2.23. The summed E-state index contributed by atoms with van der Waals surface area (Å²) in [5.74, 6) is -1.38. The molecule has 1 aromatic carbocycles. The lowest BCUT2D eigenvalue weighted by atomic mass is 10.0. The van der Waals surface area contributed by atoms with Crippen LogP contribution >= 0.6 is 15.9 Å². The van der Waals surface area contributed by atoms with Crippen LogP contribution in [0.5, 0.6) is 5.88 Å². The predicted molar refractivity (Wildman–Crippen MR) is 68.7 cm³/mol. The highest BCUT2D eigenvalue weighted by atomic mass is 79.9. The minimum atomic E-state index is -1.10. The van der Waals surface area contributed by atoms with Gasteiger partial charge in [0.1, 0.15) is 17.3 Å². The number of benzene rings is 1. The van der Waals surface area contributed by atoms with E-state index in [0.717, 1.165) is 12.1 Å². The summed E-state index contributed by atoms with van der Waals surface area (Å²) < 4.78 is 33.0. The molecular formula is C12H10BrF2N3O. The Labute approximate surface area is 116 Å². The number of rotatable bonds is 3. The molecular weight excluding hydrogens is 320 g/mol. The molecule has 1 atom stereocenters. The minimum absolute atomic E-state index is 0.136. The van der Waals surface area contributed by atoms with Crippen molar-refractivity contribution in [3.8, 4) is 5.88 Å². The predicted octanol–water partition coefficient (Wildman–Crippen LogP) is 2.57. The number of hydrogen-bond donors (Lipinski definition) is 1. The molecule has 19 heavy (non-hydrogen) atoms. The van der Waals surface area contributed by atoms with Crippen molar-refractivity contribution in [3.63, 3.8) is 0 Å². The Morgan fingerprint density at radius 2 is 1.79 bits per heavy atom. The highest BCUT2D eigenvalue weighted by Crippen LogP contribution is 2.29. The minimum Gasteiger partial charge on any atom is -0.480 e. The van der Waals surface area contributed by atoms with Crippen molar-refractivity contribution in [2.24, 2.45) is 5.73 Å². The van der Waals surface area contributed by atoms with E-state index in [1.165, 1.54) is 19.5 Å². The molecule has 2 rings (SSSR count). The average Bonchev–Trinajstić information content (AvgIpc) is 2.37. The number of methoxy groups -OCH3 is 1. The van der Waals surface area contributed by atoms with Crippen molar-refractivity contribution in [2.75, 3.05) is 7.11 Å². The van der Waals surface area contributed by atoms with E-state index in [-0.39, 0.29) is 17.1 Å². The van der Waals surface area contributed by atoms with Crippen LogP contribution in [0.4, 0.5) is 8.78 Å². The van der Waals surface area contributed by atoms with Crippen LogP contribution in [0, 0.1) is 11.6 Å². The van der Waals surface area contributed by atoms with E-state index in [1.54, 1.807) is 0 Å². The molecule has 0 amide bonds. The number of ether oxygens (including phenoxy) is 1. The fourth-order valence-electron chi connectivity index (χ4n) is 1.69. The summed E-state index contributed by atoms with van der Waals surface area (Å²) in [5, 5.41) is 0. The number of halogens is 3. The SMILES string of the molecule is COc1nccnc1C(N)c1c(F)cc(Br)cc1F. The van der Waals surface area contributed by atoms with E-state index in [2.05, 4.69) is 25.9 Å². The molecule has 1 heterocycles. The summed E-state index contributed by atoms with van der Waals surface area (Å²) >= 11 is 3.01. The molecule has 2 N–H and O–H groups in total. The Balaban J connectivity index is 2.53. The van der Waals surface area contributed by atoms with Crippen LogP contribution in [0.2, 0.25) is 0 Å². The highest BCUT2D eigenvalue weighted by molar-refractivity contribution is 9.10. The molecule has 1 unspecified atom stereocenters. The van der Waals surface area contributed by atoms with Crippen molar-refractivity contribution < 1.29 is 13.5 Å². The second kappa shape index (κ2) is 5.58. The summed E-state index contributed by atoms with van der Waals surface area (Å²) in [7, 11) is 1.38. The van der Waals surface area contributed by atoms with Crippen molar-refractivity contribution in [3.05, 3.63) is 51.9 Å². The van der Waals surface area contributed by atoms with Crippen LogP contribution in [0.1, 0.15) is 17.3 Å². The first kappa shape index (κ1) is 13.8. The Bertz CT molecular complexity index is 586. The standard InChI is InChI=1S/C12H10BrF2N3O/c1-19-12-11(17-2-3-18-12)10(16)9-7(14)4-6(13)5-8(9)15/h2-5,10H,16H2,1H3. The molecule has 4 nitrogen and oxygen atoms in total. The van der Waals surface area contributed by atoms with E-state index in [4.69, 9.17) is 10.5 Å². The number of hydrogen-bond acceptors (Lipinski definition) is 4. The largest absolute Gasteiger partial charge is 0.480 e. The normalized spacial score (nSPS) is 12.3. The summed E-state index contributed by atoms with van der Waals surface area (Å²) in [6.45, 7) is 0. The lowest BCUT2D eigenvalue weighted by Crippen LogP contribution is -2.18. The molecule has 0 saturated carbocycles. The van der Waals surface area contributed by atoms with Gasteiger partial charge in [-0.15, -0.1) is 0 Å². The monoisotopic (exact) mass is 329 g/mol. The van der Waals surface area contributed by atoms with E-state index < -0.39 is 17.7 Å². The molecule has 100 valence electrons. The zero-order valence-corrected chi connectivity index (χ0v) is 11.5. The maximum atomic E-state index is 13.8. The summed E-state index contributed by atoms with van der Waals surface area (Å²) in [6, 6.07) is 1.18. The first-order valence-electron chi connectivity index (χ1n) is 5.29. The molecule has 0 bridgehead atoms. The smallest absolute Gasteiger partial charge is 0.237 e. The summed E-state index contributed by atoms with van der Waals surface area (Å²) in [5.41, 5.74) is 5.76. The van der Waals surface area contributed by atoms with Gasteiger partial charge in [-0.25, -0.2) is 13.8 Å². The second-order valence-electron chi connectivity index (χ2n) is 3.71. The molecule has 7 heteroatoms. The Kier molecular flexibility index (Phi) is 4.06. The zero-order valence-electron chi connectivity index (χ0n) is 9.90.